The molecular weight excluding hydrogens is 269 g/mol. The summed E-state index contributed by atoms with van der Waals surface area (Å²) in [6.07, 6.45) is 0.731. The van der Waals surface area contributed by atoms with E-state index in [-0.39, 0.29) is 0 Å². The Bertz CT molecular complexity index is 476. The quantitative estimate of drug-likeness (QED) is 0.711. The van der Waals surface area contributed by atoms with Gasteiger partial charge in [0.15, 0.2) is 0 Å². The molecule has 0 unspecified atom stereocenters. The van der Waals surface area contributed by atoms with E-state index in [1.54, 1.807) is 0 Å². The zero-order valence-corrected chi connectivity index (χ0v) is 12.0. The van der Waals surface area contributed by atoms with Crippen molar-refractivity contribution in [3.8, 4) is 0 Å². The Morgan fingerprint density at radius 3 is 2.47 bits per heavy atom. The Kier molecular flexibility index (Phi) is 6.20. The monoisotopic (exact) mass is 289 g/mol. The maximum Gasteiger partial charge on any atom is 0.301 e. The number of halogens is 1. The van der Waals surface area contributed by atoms with Crippen LogP contribution in [0, 0.1) is 5.82 Å². The van der Waals surface area contributed by atoms with Gasteiger partial charge in [0, 0.05) is 19.3 Å². The van der Waals surface area contributed by atoms with E-state index in [0.717, 1.165) is 19.5 Å². The minimum Gasteiger partial charge on any atom is -0.317 e. The molecule has 0 saturated carbocycles. The molecule has 0 fully saturated rings. The van der Waals surface area contributed by atoms with Crippen LogP contribution in [-0.2, 0) is 10.2 Å². The Morgan fingerprint density at radius 2 is 1.89 bits per heavy atom. The van der Waals surface area contributed by atoms with Crippen LogP contribution in [0.1, 0.15) is 13.3 Å². The lowest BCUT2D eigenvalue weighted by Crippen LogP contribution is -2.34. The van der Waals surface area contributed by atoms with E-state index in [0.29, 0.717) is 12.2 Å². The van der Waals surface area contributed by atoms with E-state index in [1.165, 1.54) is 35.6 Å². The molecule has 2 N–H and O–H groups in total. The van der Waals surface area contributed by atoms with Gasteiger partial charge in [0.2, 0.25) is 0 Å². The van der Waals surface area contributed by atoms with Crippen molar-refractivity contribution in [1.82, 2.24) is 9.62 Å². The van der Waals surface area contributed by atoms with Crippen LogP contribution in [-0.4, -0.2) is 39.4 Å². The van der Waals surface area contributed by atoms with Gasteiger partial charge in [0.25, 0.3) is 0 Å². The van der Waals surface area contributed by atoms with E-state index in [1.807, 2.05) is 6.92 Å². The summed E-state index contributed by atoms with van der Waals surface area (Å²) in [4.78, 5) is 0. The van der Waals surface area contributed by atoms with E-state index < -0.39 is 16.0 Å². The lowest BCUT2D eigenvalue weighted by molar-refractivity contribution is 0.459. The normalized spacial score (nSPS) is 11.8. The largest absolute Gasteiger partial charge is 0.317 e. The fourth-order valence-corrected chi connectivity index (χ4v) is 2.43. The zero-order valence-electron chi connectivity index (χ0n) is 11.2. The lowest BCUT2D eigenvalue weighted by Gasteiger charge is -2.18. The predicted molar refractivity (Wildman–Crippen MR) is 74.7 cm³/mol. The topological polar surface area (TPSA) is 61.4 Å². The van der Waals surface area contributed by atoms with Crippen LogP contribution in [0.3, 0.4) is 0 Å². The van der Waals surface area contributed by atoms with Gasteiger partial charge in [0.1, 0.15) is 5.82 Å². The van der Waals surface area contributed by atoms with Gasteiger partial charge in [0.05, 0.1) is 0 Å². The molecule has 0 heterocycles. The Morgan fingerprint density at radius 1 is 1.26 bits per heavy atom. The molecule has 1 aromatic carbocycles. The smallest absolute Gasteiger partial charge is 0.301 e. The molecule has 0 atom stereocenters. The molecule has 0 aromatic heterocycles. The van der Waals surface area contributed by atoms with Crippen LogP contribution in [0.2, 0.25) is 0 Å². The molecule has 7 heteroatoms. The van der Waals surface area contributed by atoms with Crippen molar-refractivity contribution in [3.63, 3.8) is 0 Å². The van der Waals surface area contributed by atoms with E-state index in [4.69, 9.17) is 0 Å². The van der Waals surface area contributed by atoms with Gasteiger partial charge in [-0.15, -0.1) is 0 Å². The fraction of sp³-hybridized carbons (Fsp3) is 0.500. The third-order valence-corrected chi connectivity index (χ3v) is 4.07. The molecule has 0 spiro atoms. The average molecular weight is 289 g/mol. The summed E-state index contributed by atoms with van der Waals surface area (Å²) >= 11 is 0. The molecule has 0 radical (unpaired) electrons. The Labute approximate surface area is 114 Å². The van der Waals surface area contributed by atoms with Gasteiger partial charge in [-0.3, -0.25) is 4.72 Å². The van der Waals surface area contributed by atoms with Crippen LogP contribution in [0.5, 0.6) is 0 Å². The number of rotatable bonds is 8. The summed E-state index contributed by atoms with van der Waals surface area (Å²) in [5.41, 5.74) is 0.347. The van der Waals surface area contributed by atoms with Crippen LogP contribution in [0.4, 0.5) is 10.1 Å². The van der Waals surface area contributed by atoms with Gasteiger partial charge < -0.3 is 5.32 Å². The molecule has 0 bridgehead atoms. The number of hydrogen-bond donors (Lipinski definition) is 2. The first-order valence-corrected chi connectivity index (χ1v) is 7.60. The molecule has 0 aliphatic carbocycles. The molecule has 1 aromatic rings. The number of nitrogens with zero attached hydrogens (tertiary/aromatic N) is 1. The van der Waals surface area contributed by atoms with Crippen LogP contribution in [0.25, 0.3) is 0 Å². The highest BCUT2D eigenvalue weighted by Gasteiger charge is 2.16. The molecular formula is C12H20FN3O2S. The molecule has 1 rings (SSSR count). The minimum absolute atomic E-state index is 0.347. The highest BCUT2D eigenvalue weighted by molar-refractivity contribution is 7.90. The maximum atomic E-state index is 12.7. The van der Waals surface area contributed by atoms with Crippen molar-refractivity contribution in [1.29, 1.82) is 0 Å². The van der Waals surface area contributed by atoms with E-state index >= 15 is 0 Å². The van der Waals surface area contributed by atoms with Gasteiger partial charge >= 0.3 is 10.2 Å². The molecule has 0 saturated heterocycles. The standard InChI is InChI=1S/C12H20FN3O2S/c1-3-14-9-4-10-16(2)19(17,18)15-12-7-5-11(13)6-8-12/h5-8,14-15H,3-4,9-10H2,1-2H3. The number of anilines is 1. The first-order chi connectivity index (χ1) is 8.95. The summed E-state index contributed by atoms with van der Waals surface area (Å²) in [5, 5.41) is 3.13. The molecule has 0 aliphatic heterocycles. The van der Waals surface area contributed by atoms with Gasteiger partial charge in [-0.05, 0) is 43.8 Å². The Balaban J connectivity index is 2.52. The second-order valence-corrected chi connectivity index (χ2v) is 5.92. The van der Waals surface area contributed by atoms with Crippen molar-refractivity contribution in [2.75, 3.05) is 31.4 Å². The van der Waals surface area contributed by atoms with Gasteiger partial charge in [-0.1, -0.05) is 6.92 Å². The summed E-state index contributed by atoms with van der Waals surface area (Å²) in [7, 11) is -2.07. The lowest BCUT2D eigenvalue weighted by atomic mass is 10.3. The zero-order chi connectivity index (χ0) is 14.3. The average Bonchev–Trinajstić information content (AvgIpc) is 2.37. The second kappa shape index (κ2) is 7.42. The van der Waals surface area contributed by atoms with E-state index in [9.17, 15) is 12.8 Å². The van der Waals surface area contributed by atoms with Crippen molar-refractivity contribution >= 4 is 15.9 Å². The van der Waals surface area contributed by atoms with Crippen LogP contribution < -0.4 is 10.0 Å². The molecule has 5 nitrogen and oxygen atoms in total. The molecule has 0 amide bonds. The molecule has 0 aliphatic rings. The highest BCUT2D eigenvalue weighted by atomic mass is 32.2. The summed E-state index contributed by atoms with van der Waals surface area (Å²) < 4.78 is 40.3. The van der Waals surface area contributed by atoms with Crippen molar-refractivity contribution in [3.05, 3.63) is 30.1 Å². The van der Waals surface area contributed by atoms with Crippen molar-refractivity contribution in [2.45, 2.75) is 13.3 Å². The Hall–Kier alpha value is -1.18. The third-order valence-electron chi connectivity index (χ3n) is 2.58. The van der Waals surface area contributed by atoms with Gasteiger partial charge in [-0.25, -0.2) is 4.39 Å². The van der Waals surface area contributed by atoms with Crippen molar-refractivity contribution < 1.29 is 12.8 Å². The second-order valence-electron chi connectivity index (χ2n) is 4.14. The molecule has 19 heavy (non-hydrogen) atoms. The summed E-state index contributed by atoms with van der Waals surface area (Å²) in [5.74, 6) is -0.401. The fourth-order valence-electron chi connectivity index (χ4n) is 1.47. The van der Waals surface area contributed by atoms with E-state index in [2.05, 4.69) is 10.0 Å². The predicted octanol–water partition coefficient (Wildman–Crippen LogP) is 1.41. The summed E-state index contributed by atoms with van der Waals surface area (Å²) in [6, 6.07) is 5.20. The number of hydrogen-bond acceptors (Lipinski definition) is 3. The number of benzene rings is 1. The molecule has 108 valence electrons. The van der Waals surface area contributed by atoms with Crippen LogP contribution in [0.15, 0.2) is 24.3 Å². The first-order valence-electron chi connectivity index (χ1n) is 6.16. The summed E-state index contributed by atoms with van der Waals surface area (Å²) in [6.45, 7) is 4.05. The van der Waals surface area contributed by atoms with Gasteiger partial charge in [-0.2, -0.15) is 12.7 Å². The number of nitrogens with one attached hydrogen (secondary N) is 2. The maximum absolute atomic E-state index is 12.7. The highest BCUT2D eigenvalue weighted by Crippen LogP contribution is 2.11. The third kappa shape index (κ3) is 5.54. The van der Waals surface area contributed by atoms with Crippen LogP contribution >= 0.6 is 0 Å². The SMILES string of the molecule is CCNCCCN(C)S(=O)(=O)Nc1ccc(F)cc1. The van der Waals surface area contributed by atoms with Crippen molar-refractivity contribution in [2.24, 2.45) is 0 Å². The minimum atomic E-state index is -3.58. The first kappa shape index (κ1) is 15.9.